The van der Waals surface area contributed by atoms with E-state index in [1.54, 1.807) is 38.7 Å². The lowest BCUT2D eigenvalue weighted by atomic mass is 10.1. The minimum absolute atomic E-state index is 0.221. The molecule has 0 atom stereocenters. The van der Waals surface area contributed by atoms with Crippen LogP contribution in [0.3, 0.4) is 0 Å². The standard InChI is InChI=1S/C21H25N5O3/c1-13(2)29-21(28)18-14(3)19(25-15(18)4)20(27)23-9-16-5-7-17(8-6-16)10-26-12-22-11-24-26/h5-8,11-13,25H,9-10H2,1-4H3,(H,23,27). The van der Waals surface area contributed by atoms with Gasteiger partial charge in [0.1, 0.15) is 18.3 Å². The number of hydrogen-bond donors (Lipinski definition) is 2. The SMILES string of the molecule is Cc1[nH]c(C(=O)NCc2ccc(Cn3cncn3)cc2)c(C)c1C(=O)OC(C)C. The fourth-order valence-electron chi connectivity index (χ4n) is 3.09. The first-order chi connectivity index (χ1) is 13.8. The Labute approximate surface area is 169 Å². The molecule has 0 saturated carbocycles. The van der Waals surface area contributed by atoms with Gasteiger partial charge in [-0.2, -0.15) is 5.10 Å². The molecule has 0 bridgehead atoms. The lowest BCUT2D eigenvalue weighted by Gasteiger charge is -2.09. The summed E-state index contributed by atoms with van der Waals surface area (Å²) in [6, 6.07) is 7.91. The van der Waals surface area contributed by atoms with Crippen LogP contribution in [0, 0.1) is 13.8 Å². The van der Waals surface area contributed by atoms with Crippen LogP contribution < -0.4 is 5.32 Å². The molecular weight excluding hydrogens is 370 g/mol. The first-order valence-electron chi connectivity index (χ1n) is 9.43. The molecule has 0 aliphatic rings. The van der Waals surface area contributed by atoms with Crippen molar-refractivity contribution in [1.29, 1.82) is 0 Å². The third-order valence-electron chi connectivity index (χ3n) is 4.50. The highest BCUT2D eigenvalue weighted by atomic mass is 16.5. The van der Waals surface area contributed by atoms with Crippen molar-refractivity contribution in [3.63, 3.8) is 0 Å². The first kappa shape index (κ1) is 20.3. The summed E-state index contributed by atoms with van der Waals surface area (Å²) in [4.78, 5) is 31.8. The van der Waals surface area contributed by atoms with E-state index < -0.39 is 5.97 Å². The van der Waals surface area contributed by atoms with Crippen molar-refractivity contribution in [2.75, 3.05) is 0 Å². The Morgan fingerprint density at radius 1 is 1.17 bits per heavy atom. The minimum Gasteiger partial charge on any atom is -0.459 e. The van der Waals surface area contributed by atoms with E-state index in [4.69, 9.17) is 4.74 Å². The first-order valence-corrected chi connectivity index (χ1v) is 9.43. The summed E-state index contributed by atoms with van der Waals surface area (Å²) in [5.74, 6) is -0.686. The number of aryl methyl sites for hydroxylation is 1. The molecule has 3 aromatic rings. The highest BCUT2D eigenvalue weighted by Crippen LogP contribution is 2.20. The Morgan fingerprint density at radius 3 is 2.48 bits per heavy atom. The summed E-state index contributed by atoms with van der Waals surface area (Å²) in [6.45, 7) is 8.11. The van der Waals surface area contributed by atoms with E-state index in [1.165, 1.54) is 6.33 Å². The molecule has 0 unspecified atom stereocenters. The number of nitrogens with one attached hydrogen (secondary N) is 2. The quantitative estimate of drug-likeness (QED) is 0.599. The van der Waals surface area contributed by atoms with Crippen molar-refractivity contribution in [2.24, 2.45) is 0 Å². The maximum absolute atomic E-state index is 12.6. The number of rotatable bonds is 7. The molecule has 2 N–H and O–H groups in total. The molecule has 0 aliphatic heterocycles. The molecule has 2 aromatic heterocycles. The van der Waals surface area contributed by atoms with Crippen molar-refractivity contribution in [2.45, 2.75) is 46.9 Å². The van der Waals surface area contributed by atoms with Crippen LogP contribution in [0.2, 0.25) is 0 Å². The molecule has 2 heterocycles. The zero-order valence-corrected chi connectivity index (χ0v) is 17.0. The van der Waals surface area contributed by atoms with Crippen molar-refractivity contribution in [3.05, 3.63) is 70.6 Å². The van der Waals surface area contributed by atoms with Gasteiger partial charge < -0.3 is 15.0 Å². The van der Waals surface area contributed by atoms with E-state index in [0.29, 0.717) is 35.6 Å². The highest BCUT2D eigenvalue weighted by Gasteiger charge is 2.23. The maximum atomic E-state index is 12.6. The molecule has 0 radical (unpaired) electrons. The number of aromatic amines is 1. The number of ether oxygens (including phenoxy) is 1. The number of carbonyl (C=O) groups is 2. The second kappa shape index (κ2) is 8.72. The average Bonchev–Trinajstić information content (AvgIpc) is 3.27. The Balaban J connectivity index is 1.63. The van der Waals surface area contributed by atoms with Crippen LogP contribution in [0.4, 0.5) is 0 Å². The summed E-state index contributed by atoms with van der Waals surface area (Å²) in [5.41, 5.74) is 4.07. The molecule has 1 amide bonds. The van der Waals surface area contributed by atoms with Crippen molar-refractivity contribution < 1.29 is 14.3 Å². The van der Waals surface area contributed by atoms with E-state index in [0.717, 1.165) is 11.1 Å². The number of aromatic nitrogens is 4. The third-order valence-corrected chi connectivity index (χ3v) is 4.50. The lowest BCUT2D eigenvalue weighted by molar-refractivity contribution is 0.0376. The van der Waals surface area contributed by atoms with E-state index in [1.807, 2.05) is 24.3 Å². The Morgan fingerprint density at radius 2 is 1.86 bits per heavy atom. The molecule has 152 valence electrons. The molecule has 0 aliphatic carbocycles. The largest absolute Gasteiger partial charge is 0.459 e. The summed E-state index contributed by atoms with van der Waals surface area (Å²) in [6.07, 6.45) is 2.95. The van der Waals surface area contributed by atoms with Crippen LogP contribution in [0.5, 0.6) is 0 Å². The van der Waals surface area contributed by atoms with Gasteiger partial charge in [0.25, 0.3) is 5.91 Å². The van der Waals surface area contributed by atoms with Crippen LogP contribution in [-0.4, -0.2) is 37.7 Å². The fraction of sp³-hybridized carbons (Fsp3) is 0.333. The van der Waals surface area contributed by atoms with Crippen LogP contribution in [-0.2, 0) is 17.8 Å². The van der Waals surface area contributed by atoms with Crippen LogP contribution >= 0.6 is 0 Å². The number of hydrogen-bond acceptors (Lipinski definition) is 5. The van der Waals surface area contributed by atoms with Gasteiger partial charge in [-0.15, -0.1) is 0 Å². The molecule has 1 aromatic carbocycles. The number of esters is 1. The molecule has 8 heteroatoms. The van der Waals surface area contributed by atoms with Gasteiger partial charge in [0.05, 0.1) is 18.2 Å². The van der Waals surface area contributed by atoms with Crippen molar-refractivity contribution >= 4 is 11.9 Å². The van der Waals surface area contributed by atoms with Gasteiger partial charge >= 0.3 is 5.97 Å². The number of carbonyl (C=O) groups excluding carboxylic acids is 2. The second-order valence-electron chi connectivity index (χ2n) is 7.17. The Bertz CT molecular complexity index is 988. The average molecular weight is 395 g/mol. The smallest absolute Gasteiger partial charge is 0.340 e. The Hall–Kier alpha value is -3.42. The zero-order valence-electron chi connectivity index (χ0n) is 17.0. The zero-order chi connectivity index (χ0) is 21.0. The molecule has 3 rings (SSSR count). The van der Waals surface area contributed by atoms with Crippen LogP contribution in [0.25, 0.3) is 0 Å². The Kier molecular flexibility index (Phi) is 6.11. The van der Waals surface area contributed by atoms with Crippen molar-refractivity contribution in [1.82, 2.24) is 25.1 Å². The number of H-pyrrole nitrogens is 1. The second-order valence-corrected chi connectivity index (χ2v) is 7.17. The maximum Gasteiger partial charge on any atom is 0.340 e. The van der Waals surface area contributed by atoms with Gasteiger partial charge in [0.2, 0.25) is 0 Å². The topological polar surface area (TPSA) is 102 Å². The number of amides is 1. The molecule has 8 nitrogen and oxygen atoms in total. The molecule has 29 heavy (non-hydrogen) atoms. The summed E-state index contributed by atoms with van der Waals surface area (Å²) in [7, 11) is 0. The minimum atomic E-state index is -0.423. The van der Waals surface area contributed by atoms with Gasteiger partial charge in [0.15, 0.2) is 0 Å². The molecule has 0 spiro atoms. The summed E-state index contributed by atoms with van der Waals surface area (Å²) < 4.78 is 7.01. The lowest BCUT2D eigenvalue weighted by Crippen LogP contribution is -2.24. The molecule has 0 saturated heterocycles. The van der Waals surface area contributed by atoms with Gasteiger partial charge in [0, 0.05) is 12.2 Å². The number of benzene rings is 1. The van der Waals surface area contributed by atoms with E-state index in [-0.39, 0.29) is 12.0 Å². The normalized spacial score (nSPS) is 10.9. The van der Waals surface area contributed by atoms with E-state index in [2.05, 4.69) is 20.4 Å². The van der Waals surface area contributed by atoms with Crippen LogP contribution in [0.1, 0.15) is 57.1 Å². The number of nitrogens with zero attached hydrogens (tertiary/aromatic N) is 3. The third kappa shape index (κ3) is 4.90. The van der Waals surface area contributed by atoms with Gasteiger partial charge in [-0.25, -0.2) is 14.5 Å². The van der Waals surface area contributed by atoms with Crippen molar-refractivity contribution in [3.8, 4) is 0 Å². The van der Waals surface area contributed by atoms with Gasteiger partial charge in [-0.3, -0.25) is 4.79 Å². The molecular formula is C21H25N5O3. The monoisotopic (exact) mass is 395 g/mol. The fourth-order valence-corrected chi connectivity index (χ4v) is 3.09. The predicted octanol–water partition coefficient (Wildman–Crippen LogP) is 2.77. The highest BCUT2D eigenvalue weighted by molar-refractivity contribution is 6.00. The van der Waals surface area contributed by atoms with Gasteiger partial charge in [-0.05, 0) is 44.4 Å². The predicted molar refractivity (Wildman–Crippen MR) is 108 cm³/mol. The summed E-state index contributed by atoms with van der Waals surface area (Å²) >= 11 is 0. The van der Waals surface area contributed by atoms with E-state index >= 15 is 0 Å². The molecule has 0 fully saturated rings. The van der Waals surface area contributed by atoms with Gasteiger partial charge in [-0.1, -0.05) is 24.3 Å². The van der Waals surface area contributed by atoms with Crippen LogP contribution in [0.15, 0.2) is 36.9 Å². The van der Waals surface area contributed by atoms with E-state index in [9.17, 15) is 9.59 Å². The summed E-state index contributed by atoms with van der Waals surface area (Å²) in [5, 5.41) is 6.98.